The topological polar surface area (TPSA) is 30.5 Å². The van der Waals surface area contributed by atoms with E-state index in [1.807, 2.05) is 26.0 Å². The second-order valence-electron chi connectivity index (χ2n) is 4.30. The van der Waals surface area contributed by atoms with Crippen molar-refractivity contribution in [1.82, 2.24) is 5.32 Å². The van der Waals surface area contributed by atoms with Gasteiger partial charge in [0.25, 0.3) is 0 Å². The fourth-order valence-corrected chi connectivity index (χ4v) is 1.93. The second-order valence-corrected chi connectivity index (χ2v) is 5.22. The lowest BCUT2D eigenvalue weighted by Crippen LogP contribution is -2.15. The number of ether oxygens (including phenoxy) is 2. The molecule has 1 N–H and O–H groups in total. The summed E-state index contributed by atoms with van der Waals surface area (Å²) in [6.45, 7) is 9.10. The molecule has 0 saturated heterocycles. The Labute approximate surface area is 118 Å². The van der Waals surface area contributed by atoms with Crippen LogP contribution in [0.2, 0.25) is 0 Å². The lowest BCUT2D eigenvalue weighted by molar-refractivity contribution is 0.0550. The van der Waals surface area contributed by atoms with Gasteiger partial charge in [-0.2, -0.15) is 0 Å². The van der Waals surface area contributed by atoms with E-state index in [4.69, 9.17) is 9.47 Å². The molecule has 0 spiro atoms. The van der Waals surface area contributed by atoms with Crippen LogP contribution >= 0.6 is 15.9 Å². The molecule has 0 bridgehead atoms. The molecule has 0 fully saturated rings. The Balaban J connectivity index is 2.52. The molecule has 0 aliphatic heterocycles. The predicted molar refractivity (Wildman–Crippen MR) is 78.1 cm³/mol. The summed E-state index contributed by atoms with van der Waals surface area (Å²) in [6, 6.07) is 6.07. The van der Waals surface area contributed by atoms with Crippen LogP contribution in [0.25, 0.3) is 0 Å². The maximum absolute atomic E-state index is 5.75. The van der Waals surface area contributed by atoms with Gasteiger partial charge in [-0.1, -0.05) is 22.9 Å². The summed E-state index contributed by atoms with van der Waals surface area (Å²) in [4.78, 5) is 0. The molecule has 0 unspecified atom stereocenters. The first kappa shape index (κ1) is 15.5. The third-order valence-electron chi connectivity index (χ3n) is 2.38. The first-order chi connectivity index (χ1) is 8.63. The molecule has 1 aromatic carbocycles. The van der Waals surface area contributed by atoms with Crippen molar-refractivity contribution in [1.29, 1.82) is 0 Å². The predicted octanol–water partition coefficient (Wildman–Crippen LogP) is 3.36. The van der Waals surface area contributed by atoms with Gasteiger partial charge in [0.1, 0.15) is 12.4 Å². The van der Waals surface area contributed by atoms with Gasteiger partial charge < -0.3 is 14.8 Å². The maximum atomic E-state index is 5.75. The number of benzene rings is 1. The number of hydrogen-bond donors (Lipinski definition) is 1. The largest absolute Gasteiger partial charge is 0.491 e. The monoisotopic (exact) mass is 315 g/mol. The van der Waals surface area contributed by atoms with Crippen molar-refractivity contribution in [2.24, 2.45) is 0 Å². The van der Waals surface area contributed by atoms with Gasteiger partial charge in [0, 0.05) is 16.6 Å². The fraction of sp³-hybridized carbons (Fsp3) is 0.571. The standard InChI is InChI=1S/C14H22BrNO2/c1-4-16-10-12-9-13(15)5-6-14(12)18-8-7-17-11(2)3/h5-6,9,11,16H,4,7-8,10H2,1-3H3. The van der Waals surface area contributed by atoms with E-state index in [9.17, 15) is 0 Å². The van der Waals surface area contributed by atoms with Gasteiger partial charge in [-0.3, -0.25) is 0 Å². The second kappa shape index (κ2) is 8.51. The van der Waals surface area contributed by atoms with E-state index < -0.39 is 0 Å². The molecule has 1 rings (SSSR count). The van der Waals surface area contributed by atoms with Crippen LogP contribution < -0.4 is 10.1 Å². The Kier molecular flexibility index (Phi) is 7.32. The molecule has 4 heteroatoms. The zero-order valence-electron chi connectivity index (χ0n) is 11.3. The minimum absolute atomic E-state index is 0.250. The molecule has 102 valence electrons. The zero-order valence-corrected chi connectivity index (χ0v) is 12.9. The number of hydrogen-bond acceptors (Lipinski definition) is 3. The average Bonchev–Trinajstić information content (AvgIpc) is 2.33. The Bertz CT molecular complexity index is 356. The van der Waals surface area contributed by atoms with Crippen LogP contribution in [-0.4, -0.2) is 25.9 Å². The molecule has 0 aliphatic carbocycles. The van der Waals surface area contributed by atoms with Gasteiger partial charge >= 0.3 is 0 Å². The van der Waals surface area contributed by atoms with E-state index in [-0.39, 0.29) is 6.10 Å². The van der Waals surface area contributed by atoms with E-state index in [1.54, 1.807) is 0 Å². The summed E-state index contributed by atoms with van der Waals surface area (Å²) < 4.78 is 12.3. The summed E-state index contributed by atoms with van der Waals surface area (Å²) in [6.07, 6.45) is 0.250. The van der Waals surface area contributed by atoms with Crippen molar-refractivity contribution < 1.29 is 9.47 Å². The minimum Gasteiger partial charge on any atom is -0.491 e. The molecule has 0 heterocycles. The van der Waals surface area contributed by atoms with E-state index in [2.05, 4.69) is 34.2 Å². The molecule has 0 radical (unpaired) electrons. The molecule has 18 heavy (non-hydrogen) atoms. The van der Waals surface area contributed by atoms with Crippen LogP contribution in [0.1, 0.15) is 26.3 Å². The molecule has 0 amide bonds. The fourth-order valence-electron chi connectivity index (χ4n) is 1.52. The highest BCUT2D eigenvalue weighted by Gasteiger charge is 2.04. The molecular formula is C14H22BrNO2. The summed E-state index contributed by atoms with van der Waals surface area (Å²) in [5.74, 6) is 0.923. The Hall–Kier alpha value is -0.580. The zero-order chi connectivity index (χ0) is 13.4. The molecule has 0 saturated carbocycles. The van der Waals surface area contributed by atoms with E-state index in [0.29, 0.717) is 13.2 Å². The van der Waals surface area contributed by atoms with Crippen molar-refractivity contribution >= 4 is 15.9 Å². The molecule has 0 aliphatic rings. The Morgan fingerprint density at radius 1 is 1.28 bits per heavy atom. The van der Waals surface area contributed by atoms with Crippen LogP contribution in [0.5, 0.6) is 5.75 Å². The van der Waals surface area contributed by atoms with Crippen LogP contribution in [0.15, 0.2) is 22.7 Å². The van der Waals surface area contributed by atoms with Crippen molar-refractivity contribution in [2.45, 2.75) is 33.4 Å². The molecule has 0 atom stereocenters. The van der Waals surface area contributed by atoms with Gasteiger partial charge in [-0.05, 0) is 38.6 Å². The summed E-state index contributed by atoms with van der Waals surface area (Å²) in [7, 11) is 0. The van der Waals surface area contributed by atoms with Gasteiger partial charge in [0.15, 0.2) is 0 Å². The molecular weight excluding hydrogens is 294 g/mol. The molecule has 0 aromatic heterocycles. The van der Waals surface area contributed by atoms with Crippen molar-refractivity contribution in [2.75, 3.05) is 19.8 Å². The average molecular weight is 316 g/mol. The SMILES string of the molecule is CCNCc1cc(Br)ccc1OCCOC(C)C. The quantitative estimate of drug-likeness (QED) is 0.746. The van der Waals surface area contributed by atoms with Gasteiger partial charge in [-0.25, -0.2) is 0 Å². The summed E-state index contributed by atoms with van der Waals surface area (Å²) >= 11 is 3.48. The molecule has 3 nitrogen and oxygen atoms in total. The number of rotatable bonds is 8. The van der Waals surface area contributed by atoms with Crippen molar-refractivity contribution in [3.05, 3.63) is 28.2 Å². The van der Waals surface area contributed by atoms with Crippen LogP contribution in [0.4, 0.5) is 0 Å². The smallest absolute Gasteiger partial charge is 0.123 e. The van der Waals surface area contributed by atoms with E-state index >= 15 is 0 Å². The van der Waals surface area contributed by atoms with E-state index in [1.165, 1.54) is 0 Å². The highest BCUT2D eigenvalue weighted by atomic mass is 79.9. The highest BCUT2D eigenvalue weighted by molar-refractivity contribution is 9.10. The Morgan fingerprint density at radius 3 is 2.72 bits per heavy atom. The summed E-state index contributed by atoms with van der Waals surface area (Å²) in [5.41, 5.74) is 1.16. The lowest BCUT2D eigenvalue weighted by atomic mass is 10.2. The number of nitrogens with one attached hydrogen (secondary N) is 1. The van der Waals surface area contributed by atoms with E-state index in [0.717, 1.165) is 28.9 Å². The van der Waals surface area contributed by atoms with Gasteiger partial charge in [-0.15, -0.1) is 0 Å². The Morgan fingerprint density at radius 2 is 2.06 bits per heavy atom. The summed E-state index contributed by atoms with van der Waals surface area (Å²) in [5, 5.41) is 3.31. The number of halogens is 1. The van der Waals surface area contributed by atoms with Crippen molar-refractivity contribution in [3.8, 4) is 5.75 Å². The van der Waals surface area contributed by atoms with Crippen LogP contribution in [0.3, 0.4) is 0 Å². The minimum atomic E-state index is 0.250. The third-order valence-corrected chi connectivity index (χ3v) is 2.87. The lowest BCUT2D eigenvalue weighted by Gasteiger charge is -2.13. The van der Waals surface area contributed by atoms with Crippen molar-refractivity contribution in [3.63, 3.8) is 0 Å². The maximum Gasteiger partial charge on any atom is 0.123 e. The molecule has 1 aromatic rings. The normalized spacial score (nSPS) is 10.9. The third kappa shape index (κ3) is 5.85. The highest BCUT2D eigenvalue weighted by Crippen LogP contribution is 2.23. The van der Waals surface area contributed by atoms with Crippen LogP contribution in [-0.2, 0) is 11.3 Å². The first-order valence-corrected chi connectivity index (χ1v) is 7.16. The first-order valence-electron chi connectivity index (χ1n) is 6.37. The van der Waals surface area contributed by atoms with Gasteiger partial charge in [0.2, 0.25) is 0 Å². The van der Waals surface area contributed by atoms with Gasteiger partial charge in [0.05, 0.1) is 12.7 Å². The van der Waals surface area contributed by atoms with Crippen LogP contribution in [0, 0.1) is 0 Å².